The summed E-state index contributed by atoms with van der Waals surface area (Å²) in [5, 5.41) is 2.92. The van der Waals surface area contributed by atoms with Gasteiger partial charge in [0.25, 0.3) is 5.91 Å². The lowest BCUT2D eigenvalue weighted by atomic mass is 10.1. The second-order valence-electron chi connectivity index (χ2n) is 6.09. The number of aromatic nitrogens is 1. The van der Waals surface area contributed by atoms with Crippen LogP contribution in [-0.2, 0) is 13.0 Å². The molecule has 26 heavy (non-hydrogen) atoms. The van der Waals surface area contributed by atoms with Crippen molar-refractivity contribution in [1.82, 2.24) is 10.3 Å². The third-order valence-electron chi connectivity index (χ3n) is 3.94. The van der Waals surface area contributed by atoms with E-state index in [1.54, 1.807) is 18.5 Å². The van der Waals surface area contributed by atoms with Gasteiger partial charge in [0.15, 0.2) is 0 Å². The van der Waals surface area contributed by atoms with Gasteiger partial charge in [0, 0.05) is 30.9 Å². The van der Waals surface area contributed by atoms with E-state index in [9.17, 15) is 4.79 Å². The fourth-order valence-corrected chi connectivity index (χ4v) is 2.47. The second-order valence-corrected chi connectivity index (χ2v) is 6.09. The van der Waals surface area contributed by atoms with Gasteiger partial charge < -0.3 is 5.32 Å². The lowest BCUT2D eigenvalue weighted by Crippen LogP contribution is -2.23. The number of carbonyl (C=O) groups is 1. The number of carbonyl (C=O) groups excluding carboxylic acids is 1. The molecule has 3 aromatic rings. The van der Waals surface area contributed by atoms with E-state index in [0.717, 1.165) is 11.1 Å². The smallest absolute Gasteiger partial charge is 0.253 e. The number of benzene rings is 2. The van der Waals surface area contributed by atoms with E-state index < -0.39 is 0 Å². The maximum Gasteiger partial charge on any atom is 0.253 e. The molecular formula is C23H20N2O. The van der Waals surface area contributed by atoms with Gasteiger partial charge in [-0.2, -0.15) is 0 Å². The van der Waals surface area contributed by atoms with Crippen molar-refractivity contribution in [2.75, 3.05) is 0 Å². The van der Waals surface area contributed by atoms with E-state index in [-0.39, 0.29) is 5.91 Å². The number of nitrogens with one attached hydrogen (secondary N) is 1. The van der Waals surface area contributed by atoms with Gasteiger partial charge in [-0.1, -0.05) is 72.0 Å². The molecular weight excluding hydrogens is 320 g/mol. The van der Waals surface area contributed by atoms with Crippen LogP contribution >= 0.6 is 0 Å². The number of nitrogens with zero attached hydrogens (tertiary/aromatic N) is 1. The molecule has 1 N–H and O–H groups in total. The van der Waals surface area contributed by atoms with E-state index in [1.165, 1.54) is 11.1 Å². The molecule has 1 heterocycles. The van der Waals surface area contributed by atoms with Crippen molar-refractivity contribution >= 4 is 5.91 Å². The summed E-state index contributed by atoms with van der Waals surface area (Å²) in [4.78, 5) is 16.5. The Morgan fingerprint density at radius 3 is 2.54 bits per heavy atom. The number of hydrogen-bond acceptors (Lipinski definition) is 2. The Morgan fingerprint density at radius 2 is 1.77 bits per heavy atom. The average Bonchev–Trinajstić information content (AvgIpc) is 2.68. The summed E-state index contributed by atoms with van der Waals surface area (Å²) in [6.45, 7) is 2.53. The Balaban J connectivity index is 1.61. The molecule has 1 amide bonds. The topological polar surface area (TPSA) is 42.0 Å². The molecule has 0 saturated heterocycles. The molecule has 0 fully saturated rings. The van der Waals surface area contributed by atoms with Crippen LogP contribution in [0.4, 0.5) is 0 Å². The van der Waals surface area contributed by atoms with Crippen molar-refractivity contribution in [3.05, 3.63) is 101 Å². The first-order chi connectivity index (χ1) is 12.7. The van der Waals surface area contributed by atoms with Crippen LogP contribution in [0.25, 0.3) is 0 Å². The first-order valence-electron chi connectivity index (χ1n) is 8.52. The molecule has 0 aliphatic carbocycles. The van der Waals surface area contributed by atoms with Gasteiger partial charge in [-0.15, -0.1) is 0 Å². The van der Waals surface area contributed by atoms with E-state index in [1.807, 2.05) is 61.5 Å². The summed E-state index contributed by atoms with van der Waals surface area (Å²) >= 11 is 0. The quantitative estimate of drug-likeness (QED) is 0.732. The van der Waals surface area contributed by atoms with Crippen molar-refractivity contribution in [2.24, 2.45) is 0 Å². The standard InChI is InChI=1S/C23H20N2O/c1-18-10-12-20(13-11-18)16-25-23(26)22-14-21(15-24-17-22)9-5-8-19-6-3-2-4-7-19/h2-4,6-7,10-15,17H,8,16H2,1H3,(H,25,26). The molecule has 0 aliphatic rings. The lowest BCUT2D eigenvalue weighted by Gasteiger charge is -2.06. The fraction of sp³-hybridized carbons (Fsp3) is 0.130. The van der Waals surface area contributed by atoms with Gasteiger partial charge in [-0.3, -0.25) is 9.78 Å². The zero-order valence-corrected chi connectivity index (χ0v) is 14.7. The molecule has 0 radical (unpaired) electrons. The minimum absolute atomic E-state index is 0.148. The molecule has 2 aromatic carbocycles. The second kappa shape index (κ2) is 8.64. The largest absolute Gasteiger partial charge is 0.348 e. The summed E-state index contributed by atoms with van der Waals surface area (Å²) in [6, 6.07) is 19.9. The zero-order chi connectivity index (χ0) is 18.2. The predicted octanol–water partition coefficient (Wildman–Crippen LogP) is 3.91. The zero-order valence-electron chi connectivity index (χ0n) is 14.7. The molecule has 0 atom stereocenters. The average molecular weight is 340 g/mol. The molecule has 3 nitrogen and oxygen atoms in total. The van der Waals surface area contributed by atoms with E-state index >= 15 is 0 Å². The van der Waals surface area contributed by atoms with Gasteiger partial charge in [0.05, 0.1) is 5.56 Å². The molecule has 0 saturated carbocycles. The number of rotatable bonds is 4. The summed E-state index contributed by atoms with van der Waals surface area (Å²) in [7, 11) is 0. The Kier molecular flexibility index (Phi) is 5.80. The van der Waals surface area contributed by atoms with Gasteiger partial charge in [0.1, 0.15) is 0 Å². The van der Waals surface area contributed by atoms with Crippen molar-refractivity contribution < 1.29 is 4.79 Å². The van der Waals surface area contributed by atoms with Gasteiger partial charge in [-0.25, -0.2) is 0 Å². The minimum Gasteiger partial charge on any atom is -0.348 e. The van der Waals surface area contributed by atoms with E-state index in [2.05, 4.69) is 22.1 Å². The summed E-state index contributed by atoms with van der Waals surface area (Å²) in [5.41, 5.74) is 4.69. The highest BCUT2D eigenvalue weighted by Gasteiger charge is 2.06. The third-order valence-corrected chi connectivity index (χ3v) is 3.94. The Morgan fingerprint density at radius 1 is 1.00 bits per heavy atom. The van der Waals surface area contributed by atoms with Crippen LogP contribution in [-0.4, -0.2) is 10.9 Å². The Hall–Kier alpha value is -3.38. The summed E-state index contributed by atoms with van der Waals surface area (Å²) in [5.74, 6) is 6.05. The normalized spacial score (nSPS) is 9.88. The maximum atomic E-state index is 12.3. The van der Waals surface area contributed by atoms with Crippen molar-refractivity contribution in [1.29, 1.82) is 0 Å². The van der Waals surface area contributed by atoms with Crippen LogP contribution in [0.2, 0.25) is 0 Å². The van der Waals surface area contributed by atoms with Gasteiger partial charge in [0.2, 0.25) is 0 Å². The summed E-state index contributed by atoms with van der Waals surface area (Å²) < 4.78 is 0. The molecule has 0 bridgehead atoms. The lowest BCUT2D eigenvalue weighted by molar-refractivity contribution is 0.0950. The molecule has 3 rings (SSSR count). The van der Waals surface area contributed by atoms with Crippen LogP contribution in [0.3, 0.4) is 0 Å². The molecule has 3 heteroatoms. The van der Waals surface area contributed by atoms with Crippen LogP contribution < -0.4 is 5.32 Å². The van der Waals surface area contributed by atoms with Crippen molar-refractivity contribution in [2.45, 2.75) is 19.9 Å². The van der Waals surface area contributed by atoms with Crippen LogP contribution in [0.5, 0.6) is 0 Å². The number of aryl methyl sites for hydroxylation is 1. The van der Waals surface area contributed by atoms with E-state index in [0.29, 0.717) is 18.5 Å². The molecule has 0 spiro atoms. The van der Waals surface area contributed by atoms with Crippen LogP contribution in [0, 0.1) is 18.8 Å². The Bertz CT molecular complexity index is 935. The first-order valence-corrected chi connectivity index (χ1v) is 8.52. The predicted molar refractivity (Wildman–Crippen MR) is 104 cm³/mol. The van der Waals surface area contributed by atoms with Gasteiger partial charge >= 0.3 is 0 Å². The first kappa shape index (κ1) is 17.4. The number of amides is 1. The molecule has 0 aliphatic heterocycles. The third kappa shape index (κ3) is 5.06. The van der Waals surface area contributed by atoms with E-state index in [4.69, 9.17) is 0 Å². The SMILES string of the molecule is Cc1ccc(CNC(=O)c2cncc(C#CCc3ccccc3)c2)cc1. The number of pyridine rings is 1. The highest BCUT2D eigenvalue weighted by molar-refractivity contribution is 5.94. The maximum absolute atomic E-state index is 12.3. The fourth-order valence-electron chi connectivity index (χ4n) is 2.47. The van der Waals surface area contributed by atoms with Crippen LogP contribution in [0.15, 0.2) is 73.1 Å². The van der Waals surface area contributed by atoms with Crippen molar-refractivity contribution in [3.63, 3.8) is 0 Å². The number of hydrogen-bond donors (Lipinski definition) is 1. The highest BCUT2D eigenvalue weighted by atomic mass is 16.1. The van der Waals surface area contributed by atoms with Crippen molar-refractivity contribution in [3.8, 4) is 11.8 Å². The molecule has 128 valence electrons. The minimum atomic E-state index is -0.148. The molecule has 1 aromatic heterocycles. The molecule has 0 unspecified atom stereocenters. The van der Waals surface area contributed by atoms with Crippen LogP contribution in [0.1, 0.15) is 32.6 Å². The Labute approximate surface area is 154 Å². The highest BCUT2D eigenvalue weighted by Crippen LogP contribution is 2.05. The van der Waals surface area contributed by atoms with Gasteiger partial charge in [-0.05, 0) is 24.1 Å². The summed E-state index contributed by atoms with van der Waals surface area (Å²) in [6.07, 6.45) is 3.91. The monoisotopic (exact) mass is 340 g/mol.